The molecule has 0 bridgehead atoms. The Morgan fingerprint density at radius 1 is 1.25 bits per heavy atom. The van der Waals surface area contributed by atoms with Crippen LogP contribution in [-0.2, 0) is 10.2 Å². The van der Waals surface area contributed by atoms with E-state index in [-0.39, 0.29) is 5.95 Å². The number of nitrogen functional groups attached to an aromatic ring is 1. The van der Waals surface area contributed by atoms with Gasteiger partial charge in [-0.2, -0.15) is 13.4 Å². The van der Waals surface area contributed by atoms with E-state index in [1.165, 1.54) is 6.20 Å². The molecule has 0 aliphatic rings. The van der Waals surface area contributed by atoms with Crippen molar-refractivity contribution in [3.8, 4) is 11.1 Å². The maximum absolute atomic E-state index is 11.4. The van der Waals surface area contributed by atoms with Gasteiger partial charge in [-0.3, -0.25) is 0 Å². The van der Waals surface area contributed by atoms with Crippen molar-refractivity contribution in [3.05, 3.63) is 36.3 Å². The molecular weight excluding hydrogens is 280 g/mol. The Labute approximate surface area is 114 Å². The summed E-state index contributed by atoms with van der Waals surface area (Å²) in [6, 6.07) is 5.26. The van der Waals surface area contributed by atoms with Crippen LogP contribution in [0.25, 0.3) is 16.8 Å². The smallest absolute Gasteiger partial charge is 0.302 e. The average Bonchev–Trinajstić information content (AvgIpc) is 2.89. The highest BCUT2D eigenvalue weighted by Crippen LogP contribution is 2.25. The molecule has 0 atom stereocenters. The monoisotopic (exact) mass is 292 g/mol. The molecule has 104 valence electrons. The minimum absolute atomic E-state index is 0.181. The van der Waals surface area contributed by atoms with Crippen LogP contribution in [0.5, 0.6) is 0 Å². The molecule has 3 rings (SSSR count). The van der Waals surface area contributed by atoms with Crippen molar-refractivity contribution in [3.63, 3.8) is 0 Å². The van der Waals surface area contributed by atoms with Gasteiger partial charge in [0, 0.05) is 29.2 Å². The fourth-order valence-corrected chi connectivity index (χ4v) is 2.84. The Balaban J connectivity index is 2.18. The predicted octanol–water partition coefficient (Wildman–Crippen LogP) is 0.140. The lowest BCUT2D eigenvalue weighted by Crippen LogP contribution is -2.21. The van der Waals surface area contributed by atoms with E-state index in [4.69, 9.17) is 10.9 Å². The molecule has 3 aromatic heterocycles. The molecule has 0 aliphatic heterocycles. The first kappa shape index (κ1) is 12.6. The van der Waals surface area contributed by atoms with Crippen molar-refractivity contribution in [2.75, 3.05) is 5.73 Å². The zero-order valence-corrected chi connectivity index (χ0v) is 11.4. The van der Waals surface area contributed by atoms with Gasteiger partial charge in [-0.1, -0.05) is 0 Å². The third-order valence-corrected chi connectivity index (χ3v) is 3.97. The lowest BCUT2D eigenvalue weighted by Gasteiger charge is -2.05. The molecule has 0 amide bonds. The Bertz CT molecular complexity index is 908. The van der Waals surface area contributed by atoms with Gasteiger partial charge in [0.15, 0.2) is 5.65 Å². The molecular formula is C11H12N6O2S. The molecule has 0 aromatic carbocycles. The average molecular weight is 292 g/mol. The van der Waals surface area contributed by atoms with E-state index in [1.807, 2.05) is 6.07 Å². The normalized spacial score (nSPS) is 12.1. The molecule has 0 spiro atoms. The van der Waals surface area contributed by atoms with Crippen molar-refractivity contribution >= 4 is 21.8 Å². The van der Waals surface area contributed by atoms with E-state index in [2.05, 4.69) is 10.1 Å². The van der Waals surface area contributed by atoms with E-state index in [9.17, 15) is 8.42 Å². The van der Waals surface area contributed by atoms with Gasteiger partial charge in [0.05, 0.1) is 0 Å². The molecule has 9 heteroatoms. The van der Waals surface area contributed by atoms with Gasteiger partial charge in [0.1, 0.15) is 0 Å². The van der Waals surface area contributed by atoms with Crippen LogP contribution in [0.4, 0.5) is 5.95 Å². The number of hydrogen-bond donors (Lipinski definition) is 2. The first-order chi connectivity index (χ1) is 9.36. The van der Waals surface area contributed by atoms with E-state index in [1.54, 1.807) is 29.8 Å². The molecule has 0 saturated heterocycles. The number of hydrogen-bond acceptors (Lipinski definition) is 5. The third kappa shape index (κ3) is 1.92. The number of anilines is 1. The van der Waals surface area contributed by atoms with Gasteiger partial charge in [-0.15, -0.1) is 5.10 Å². The summed E-state index contributed by atoms with van der Waals surface area (Å²) in [5.74, 6) is 0.181. The van der Waals surface area contributed by atoms with E-state index in [0.29, 0.717) is 11.3 Å². The second-order valence-corrected chi connectivity index (χ2v) is 5.77. The highest BCUT2D eigenvalue weighted by Gasteiger charge is 2.14. The molecule has 0 saturated carbocycles. The number of rotatable bonds is 2. The Morgan fingerprint density at radius 3 is 2.65 bits per heavy atom. The zero-order valence-electron chi connectivity index (χ0n) is 10.6. The molecule has 4 N–H and O–H groups in total. The van der Waals surface area contributed by atoms with E-state index < -0.39 is 10.2 Å². The van der Waals surface area contributed by atoms with Crippen LogP contribution >= 0.6 is 0 Å². The Kier molecular flexibility index (Phi) is 2.56. The molecule has 3 aromatic rings. The minimum atomic E-state index is -3.80. The van der Waals surface area contributed by atoms with Gasteiger partial charge >= 0.3 is 10.2 Å². The topological polar surface area (TPSA) is 121 Å². The molecule has 0 aliphatic carbocycles. The second kappa shape index (κ2) is 4.05. The fraction of sp³-hybridized carbons (Fsp3) is 0.0909. The van der Waals surface area contributed by atoms with Gasteiger partial charge in [-0.05, 0) is 25.1 Å². The number of aromatic nitrogens is 4. The summed E-state index contributed by atoms with van der Waals surface area (Å²) in [6.45, 7) is 1.68. The lowest BCUT2D eigenvalue weighted by atomic mass is 10.1. The van der Waals surface area contributed by atoms with E-state index >= 15 is 0 Å². The van der Waals surface area contributed by atoms with Crippen LogP contribution in [0.1, 0.15) is 5.69 Å². The van der Waals surface area contributed by atoms with Crippen LogP contribution in [0, 0.1) is 6.92 Å². The first-order valence-electron chi connectivity index (χ1n) is 5.70. The van der Waals surface area contributed by atoms with Crippen molar-refractivity contribution in [2.24, 2.45) is 5.14 Å². The molecule has 0 radical (unpaired) electrons. The Hall–Kier alpha value is -2.39. The van der Waals surface area contributed by atoms with Crippen LogP contribution < -0.4 is 10.9 Å². The van der Waals surface area contributed by atoms with Crippen molar-refractivity contribution in [1.29, 1.82) is 0 Å². The van der Waals surface area contributed by atoms with E-state index in [0.717, 1.165) is 15.1 Å². The van der Waals surface area contributed by atoms with Gasteiger partial charge < -0.3 is 5.73 Å². The maximum Gasteiger partial charge on any atom is 0.302 e. The first-order valence-corrected chi connectivity index (χ1v) is 7.20. The van der Waals surface area contributed by atoms with Crippen LogP contribution in [-0.4, -0.2) is 27.0 Å². The van der Waals surface area contributed by atoms with Crippen molar-refractivity contribution in [1.82, 2.24) is 18.6 Å². The molecule has 0 unspecified atom stereocenters. The highest BCUT2D eigenvalue weighted by atomic mass is 32.2. The minimum Gasteiger partial charge on any atom is -0.366 e. The van der Waals surface area contributed by atoms with Gasteiger partial charge in [0.25, 0.3) is 0 Å². The molecule has 3 heterocycles. The number of pyridine rings is 1. The maximum atomic E-state index is 11.4. The van der Waals surface area contributed by atoms with Gasteiger partial charge in [0.2, 0.25) is 5.95 Å². The SMILES string of the molecule is Cc1c(-c2ccc3nc(N)nn3c2)ccn1S(N)(=O)=O. The van der Waals surface area contributed by atoms with Crippen LogP contribution in [0.15, 0.2) is 30.6 Å². The molecule has 20 heavy (non-hydrogen) atoms. The van der Waals surface area contributed by atoms with Crippen LogP contribution in [0.2, 0.25) is 0 Å². The van der Waals surface area contributed by atoms with Crippen LogP contribution in [0.3, 0.4) is 0 Å². The summed E-state index contributed by atoms with van der Waals surface area (Å²) in [5.41, 5.74) is 8.21. The molecule has 0 fully saturated rings. The summed E-state index contributed by atoms with van der Waals surface area (Å²) in [7, 11) is -3.80. The number of fused-ring (bicyclic) bond motifs is 1. The number of nitrogens with two attached hydrogens (primary N) is 2. The number of nitrogens with zero attached hydrogens (tertiary/aromatic N) is 4. The zero-order chi connectivity index (χ0) is 14.5. The predicted molar refractivity (Wildman–Crippen MR) is 74.1 cm³/mol. The van der Waals surface area contributed by atoms with Crippen molar-refractivity contribution in [2.45, 2.75) is 6.92 Å². The third-order valence-electron chi connectivity index (χ3n) is 3.03. The summed E-state index contributed by atoms with van der Waals surface area (Å²) in [6.07, 6.45) is 3.15. The summed E-state index contributed by atoms with van der Waals surface area (Å²) < 4.78 is 25.4. The standard InChI is InChI=1S/C11H12N6O2S/c1-7-9(4-5-17(7)20(13,18)19)8-2-3-10-14-11(12)15-16(10)6-8/h2-6H,1H3,(H2,12,15)(H2,13,18,19). The quantitative estimate of drug-likeness (QED) is 0.695. The second-order valence-electron chi connectivity index (χ2n) is 4.35. The highest BCUT2D eigenvalue weighted by molar-refractivity contribution is 7.87. The summed E-state index contributed by atoms with van der Waals surface area (Å²) >= 11 is 0. The Morgan fingerprint density at radius 2 is 2.00 bits per heavy atom. The molecule has 8 nitrogen and oxygen atoms in total. The van der Waals surface area contributed by atoms with Crippen molar-refractivity contribution < 1.29 is 8.42 Å². The lowest BCUT2D eigenvalue weighted by molar-refractivity contribution is 0.588. The fourth-order valence-electron chi connectivity index (χ4n) is 2.13. The van der Waals surface area contributed by atoms with Gasteiger partial charge in [-0.25, -0.2) is 13.6 Å². The summed E-state index contributed by atoms with van der Waals surface area (Å²) in [5, 5.41) is 9.15. The summed E-state index contributed by atoms with van der Waals surface area (Å²) in [4.78, 5) is 4.02. The largest absolute Gasteiger partial charge is 0.366 e.